The van der Waals surface area contributed by atoms with Gasteiger partial charge in [0.15, 0.2) is 0 Å². The number of hydrogen-bond donors (Lipinski definition) is 0. The summed E-state index contributed by atoms with van der Waals surface area (Å²) in [6.07, 6.45) is 0.967. The predicted octanol–water partition coefficient (Wildman–Crippen LogP) is 2.62. The maximum Gasteiger partial charge on any atom is 0.143 e. The van der Waals surface area contributed by atoms with Gasteiger partial charge in [0.05, 0.1) is 10.7 Å². The van der Waals surface area contributed by atoms with Gasteiger partial charge in [-0.1, -0.05) is 24.4 Å². The first-order valence-electron chi connectivity index (χ1n) is 4.70. The van der Waals surface area contributed by atoms with Gasteiger partial charge >= 0.3 is 0 Å². The molecule has 1 aromatic carbocycles. The number of thiocarbonyl (C=S) groups is 1. The van der Waals surface area contributed by atoms with Crippen LogP contribution in [-0.4, -0.2) is 18.1 Å². The molecule has 0 radical (unpaired) electrons. The molecule has 0 fully saturated rings. The van der Waals surface area contributed by atoms with Gasteiger partial charge in [0.25, 0.3) is 0 Å². The van der Waals surface area contributed by atoms with Crippen LogP contribution in [0.2, 0.25) is 0 Å². The molecule has 0 aliphatic carbocycles. The Morgan fingerprint density at radius 2 is 2.14 bits per heavy atom. The quantitative estimate of drug-likeness (QED) is 0.607. The fourth-order valence-corrected chi connectivity index (χ4v) is 1.94. The molecule has 0 aromatic heterocycles. The van der Waals surface area contributed by atoms with Gasteiger partial charge in [0, 0.05) is 13.5 Å². The highest BCUT2D eigenvalue weighted by atomic mass is 32.1. The summed E-state index contributed by atoms with van der Waals surface area (Å²) in [5.74, 6) is 0.919. The smallest absolute Gasteiger partial charge is 0.143 e. The second kappa shape index (κ2) is 3.58. The largest absolute Gasteiger partial charge is 0.488 e. The molecule has 0 saturated carbocycles. The van der Waals surface area contributed by atoms with Crippen molar-refractivity contribution in [2.75, 3.05) is 11.9 Å². The van der Waals surface area contributed by atoms with Crippen LogP contribution < -0.4 is 9.64 Å². The highest BCUT2D eigenvalue weighted by Gasteiger charge is 2.20. The number of nitrogens with zero attached hydrogens (tertiary/aromatic N) is 1. The summed E-state index contributed by atoms with van der Waals surface area (Å²) in [4.78, 5) is 2.95. The van der Waals surface area contributed by atoms with Crippen molar-refractivity contribution in [3.05, 3.63) is 24.3 Å². The van der Waals surface area contributed by atoms with Gasteiger partial charge in [-0.3, -0.25) is 0 Å². The molecule has 1 aliphatic heterocycles. The lowest BCUT2D eigenvalue weighted by molar-refractivity contribution is 0.234. The van der Waals surface area contributed by atoms with Crippen molar-refractivity contribution in [3.63, 3.8) is 0 Å². The van der Waals surface area contributed by atoms with E-state index in [9.17, 15) is 0 Å². The van der Waals surface area contributed by atoms with E-state index < -0.39 is 0 Å². The molecule has 1 aromatic rings. The second-order valence-corrected chi connectivity index (χ2v) is 4.02. The zero-order chi connectivity index (χ0) is 10.1. The van der Waals surface area contributed by atoms with E-state index in [-0.39, 0.29) is 6.10 Å². The van der Waals surface area contributed by atoms with Crippen molar-refractivity contribution in [2.24, 2.45) is 0 Å². The van der Waals surface area contributed by atoms with Crippen LogP contribution in [0.15, 0.2) is 24.3 Å². The lowest BCUT2D eigenvalue weighted by atomic mass is 10.2. The molecule has 1 aliphatic rings. The molecule has 2 rings (SSSR count). The summed E-state index contributed by atoms with van der Waals surface area (Å²) in [5.41, 5.74) is 1.06. The molecule has 2 nitrogen and oxygen atoms in total. The van der Waals surface area contributed by atoms with Crippen LogP contribution >= 0.6 is 12.2 Å². The third kappa shape index (κ3) is 1.60. The zero-order valence-corrected chi connectivity index (χ0v) is 9.17. The normalized spacial score (nSPS) is 21.1. The maximum atomic E-state index is 5.77. The minimum absolute atomic E-state index is 0.161. The average molecular weight is 207 g/mol. The molecular weight excluding hydrogens is 194 g/mol. The first kappa shape index (κ1) is 9.46. The summed E-state index contributed by atoms with van der Waals surface area (Å²) < 4.78 is 5.77. The summed E-state index contributed by atoms with van der Waals surface area (Å²) in [6, 6.07) is 7.99. The van der Waals surface area contributed by atoms with Gasteiger partial charge < -0.3 is 9.64 Å². The number of anilines is 1. The van der Waals surface area contributed by atoms with Gasteiger partial charge in [-0.05, 0) is 19.1 Å². The van der Waals surface area contributed by atoms with Crippen LogP contribution in [0.3, 0.4) is 0 Å². The third-order valence-electron chi connectivity index (χ3n) is 2.39. The van der Waals surface area contributed by atoms with Crippen LogP contribution in [0.1, 0.15) is 13.3 Å². The summed E-state index contributed by atoms with van der Waals surface area (Å²) in [6.45, 7) is 2.04. The fourth-order valence-electron chi connectivity index (χ4n) is 1.61. The van der Waals surface area contributed by atoms with E-state index >= 15 is 0 Å². The Morgan fingerprint density at radius 1 is 1.43 bits per heavy atom. The standard InChI is InChI=1S/C11H13NOS/c1-8-7-11(14)12(2)9-5-3-4-6-10(9)13-8/h3-6,8H,7H2,1-2H3. The zero-order valence-electron chi connectivity index (χ0n) is 8.36. The van der Waals surface area contributed by atoms with E-state index in [4.69, 9.17) is 17.0 Å². The molecular formula is C11H13NOS. The Kier molecular flexibility index (Phi) is 2.42. The van der Waals surface area contributed by atoms with Crippen molar-refractivity contribution in [3.8, 4) is 5.75 Å². The topological polar surface area (TPSA) is 12.5 Å². The monoisotopic (exact) mass is 207 g/mol. The molecule has 1 atom stereocenters. The van der Waals surface area contributed by atoms with E-state index in [0.717, 1.165) is 22.8 Å². The number of hydrogen-bond acceptors (Lipinski definition) is 2. The van der Waals surface area contributed by atoms with Crippen LogP contribution in [0.4, 0.5) is 5.69 Å². The van der Waals surface area contributed by atoms with Crippen molar-refractivity contribution in [1.29, 1.82) is 0 Å². The van der Waals surface area contributed by atoms with Crippen LogP contribution in [-0.2, 0) is 0 Å². The van der Waals surface area contributed by atoms with Gasteiger partial charge in [-0.25, -0.2) is 0 Å². The summed E-state index contributed by atoms with van der Waals surface area (Å²) >= 11 is 5.31. The molecule has 0 spiro atoms. The minimum atomic E-state index is 0.161. The Morgan fingerprint density at radius 3 is 2.93 bits per heavy atom. The van der Waals surface area contributed by atoms with E-state index in [2.05, 4.69) is 0 Å². The van der Waals surface area contributed by atoms with Gasteiger partial charge in [-0.2, -0.15) is 0 Å². The number of fused-ring (bicyclic) bond motifs is 1. The molecule has 1 heterocycles. The number of para-hydroxylation sites is 2. The van der Waals surface area contributed by atoms with Crippen molar-refractivity contribution < 1.29 is 4.74 Å². The first-order valence-corrected chi connectivity index (χ1v) is 5.11. The summed E-state index contributed by atoms with van der Waals surface area (Å²) in [7, 11) is 1.99. The molecule has 0 amide bonds. The van der Waals surface area contributed by atoms with Gasteiger partial charge in [0.1, 0.15) is 11.9 Å². The highest BCUT2D eigenvalue weighted by molar-refractivity contribution is 7.80. The predicted molar refractivity (Wildman–Crippen MR) is 62.2 cm³/mol. The molecule has 1 unspecified atom stereocenters. The Hall–Kier alpha value is -1.09. The van der Waals surface area contributed by atoms with Crippen molar-refractivity contribution in [2.45, 2.75) is 19.4 Å². The number of ether oxygens (including phenoxy) is 1. The summed E-state index contributed by atoms with van der Waals surface area (Å²) in [5, 5.41) is 0. The maximum absolute atomic E-state index is 5.77. The Balaban J connectivity index is 2.46. The Bertz CT molecular complexity index is 364. The van der Waals surface area contributed by atoms with Crippen LogP contribution in [0, 0.1) is 0 Å². The molecule has 0 bridgehead atoms. The lowest BCUT2D eigenvalue weighted by Crippen LogP contribution is -2.25. The lowest BCUT2D eigenvalue weighted by Gasteiger charge is -2.17. The van der Waals surface area contributed by atoms with E-state index in [1.807, 2.05) is 43.1 Å². The highest BCUT2D eigenvalue weighted by Crippen LogP contribution is 2.31. The van der Waals surface area contributed by atoms with Crippen LogP contribution in [0.5, 0.6) is 5.75 Å². The Labute approximate surface area is 89.5 Å². The second-order valence-electron chi connectivity index (χ2n) is 3.55. The van der Waals surface area contributed by atoms with E-state index in [1.54, 1.807) is 0 Å². The van der Waals surface area contributed by atoms with E-state index in [1.165, 1.54) is 0 Å². The van der Waals surface area contributed by atoms with E-state index in [0.29, 0.717) is 0 Å². The number of rotatable bonds is 0. The molecule has 0 saturated heterocycles. The minimum Gasteiger partial charge on any atom is -0.488 e. The molecule has 3 heteroatoms. The average Bonchev–Trinajstić information content (AvgIpc) is 2.26. The third-order valence-corrected chi connectivity index (χ3v) is 2.83. The van der Waals surface area contributed by atoms with Gasteiger partial charge in [-0.15, -0.1) is 0 Å². The van der Waals surface area contributed by atoms with Crippen molar-refractivity contribution >= 4 is 22.9 Å². The molecule has 14 heavy (non-hydrogen) atoms. The first-order chi connectivity index (χ1) is 6.68. The number of benzene rings is 1. The van der Waals surface area contributed by atoms with Crippen LogP contribution in [0.25, 0.3) is 0 Å². The van der Waals surface area contributed by atoms with Gasteiger partial charge in [0.2, 0.25) is 0 Å². The SMILES string of the molecule is CC1CC(=S)N(C)c2ccccc2O1. The fraction of sp³-hybridized carbons (Fsp3) is 0.364. The molecule has 74 valence electrons. The molecule has 0 N–H and O–H groups in total. The van der Waals surface area contributed by atoms with Crippen molar-refractivity contribution in [1.82, 2.24) is 0 Å².